The first-order chi connectivity index (χ1) is 8.13. The summed E-state index contributed by atoms with van der Waals surface area (Å²) < 4.78 is 0.912. The Bertz CT molecular complexity index is 488. The molecule has 0 radical (unpaired) electrons. The van der Waals surface area contributed by atoms with Crippen molar-refractivity contribution in [3.63, 3.8) is 0 Å². The van der Waals surface area contributed by atoms with Crippen LogP contribution in [0, 0.1) is 0 Å². The van der Waals surface area contributed by atoms with Gasteiger partial charge in [0.1, 0.15) is 11.3 Å². The largest absolute Gasteiger partial charge is 0.507 e. The number of hydrogen-bond acceptors (Lipinski definition) is 3. The van der Waals surface area contributed by atoms with E-state index in [1.54, 1.807) is 6.08 Å². The van der Waals surface area contributed by atoms with Crippen LogP contribution in [-0.2, 0) is 16.8 Å². The van der Waals surface area contributed by atoms with Gasteiger partial charge in [0.25, 0.3) is 0 Å². The van der Waals surface area contributed by atoms with E-state index in [0.29, 0.717) is 0 Å². The number of phenols is 1. The molecule has 90 valence electrons. The second kappa shape index (κ2) is 4.63. The lowest BCUT2D eigenvalue weighted by molar-refractivity contribution is 0.247. The zero-order valence-corrected chi connectivity index (χ0v) is 11.2. The lowest BCUT2D eigenvalue weighted by Crippen LogP contribution is -2.32. The summed E-state index contributed by atoms with van der Waals surface area (Å²) in [7, 11) is 0. The van der Waals surface area contributed by atoms with Crippen LogP contribution >= 0.6 is 15.9 Å². The zero-order valence-electron chi connectivity index (χ0n) is 9.66. The second-order valence-electron chi connectivity index (χ2n) is 4.40. The lowest BCUT2D eigenvalue weighted by Gasteiger charge is -2.37. The fourth-order valence-electron chi connectivity index (χ4n) is 2.32. The van der Waals surface area contributed by atoms with E-state index in [0.717, 1.165) is 41.3 Å². The summed E-state index contributed by atoms with van der Waals surface area (Å²) >= 11 is 3.43. The molecular weight excluding hydrogens is 282 g/mol. The predicted octanol–water partition coefficient (Wildman–Crippen LogP) is 3.43. The topological polar surface area (TPSA) is 49.7 Å². The number of phenolic OH excluding ortho intramolecular Hbond substituents is 1. The van der Waals surface area contributed by atoms with Crippen LogP contribution in [0.1, 0.15) is 37.3 Å². The van der Waals surface area contributed by atoms with Crippen molar-refractivity contribution >= 4 is 22.0 Å². The number of aliphatic imine (C=N–C) groups is 1. The Morgan fingerprint density at radius 1 is 1.53 bits per heavy atom. The summed E-state index contributed by atoms with van der Waals surface area (Å²) in [5, 5.41) is 10.2. The van der Waals surface area contributed by atoms with Crippen LogP contribution in [0.5, 0.6) is 5.75 Å². The maximum atomic E-state index is 10.6. The molecule has 0 aliphatic heterocycles. The van der Waals surface area contributed by atoms with E-state index in [1.165, 1.54) is 0 Å². The molecule has 17 heavy (non-hydrogen) atoms. The molecule has 0 atom stereocenters. The van der Waals surface area contributed by atoms with Gasteiger partial charge in [-0.15, -0.1) is 0 Å². The van der Waals surface area contributed by atoms with Gasteiger partial charge in [-0.3, -0.25) is 0 Å². The number of halogens is 1. The SMILES string of the molecule is CCc1cc(Br)cc(C2(N=C=O)CCC2)c1O. The van der Waals surface area contributed by atoms with Gasteiger partial charge in [-0.25, -0.2) is 4.79 Å². The minimum Gasteiger partial charge on any atom is -0.507 e. The Hall–Kier alpha value is -1.12. The first kappa shape index (κ1) is 12.3. The van der Waals surface area contributed by atoms with Crippen molar-refractivity contribution in [2.45, 2.75) is 38.1 Å². The molecule has 1 N–H and O–H groups in total. The fraction of sp³-hybridized carbons (Fsp3) is 0.462. The normalized spacial score (nSPS) is 17.1. The first-order valence-electron chi connectivity index (χ1n) is 5.74. The Kier molecular flexibility index (Phi) is 3.36. The van der Waals surface area contributed by atoms with Crippen molar-refractivity contribution in [3.05, 3.63) is 27.7 Å². The summed E-state index contributed by atoms with van der Waals surface area (Å²) in [6.45, 7) is 1.99. The summed E-state index contributed by atoms with van der Waals surface area (Å²) in [5.74, 6) is 0.273. The van der Waals surface area contributed by atoms with Crippen LogP contribution in [-0.4, -0.2) is 11.2 Å². The molecule has 0 heterocycles. The Balaban J connectivity index is 2.58. The van der Waals surface area contributed by atoms with Crippen LogP contribution in [0.2, 0.25) is 0 Å². The van der Waals surface area contributed by atoms with E-state index in [2.05, 4.69) is 20.9 Å². The maximum absolute atomic E-state index is 10.6. The van der Waals surface area contributed by atoms with E-state index in [1.807, 2.05) is 19.1 Å². The van der Waals surface area contributed by atoms with Gasteiger partial charge >= 0.3 is 0 Å². The third-order valence-corrected chi connectivity index (χ3v) is 3.93. The average Bonchev–Trinajstić information content (AvgIpc) is 2.26. The van der Waals surface area contributed by atoms with E-state index >= 15 is 0 Å². The molecule has 3 nitrogen and oxygen atoms in total. The number of hydrogen-bond donors (Lipinski definition) is 1. The van der Waals surface area contributed by atoms with Crippen molar-refractivity contribution in [2.75, 3.05) is 0 Å². The maximum Gasteiger partial charge on any atom is 0.235 e. The zero-order chi connectivity index (χ0) is 12.5. The molecule has 1 fully saturated rings. The number of rotatable bonds is 3. The summed E-state index contributed by atoms with van der Waals surface area (Å²) in [5.41, 5.74) is 1.08. The number of aromatic hydroxyl groups is 1. The van der Waals surface area contributed by atoms with Gasteiger partial charge in [-0.1, -0.05) is 22.9 Å². The molecule has 0 bridgehead atoms. The van der Waals surface area contributed by atoms with E-state index in [4.69, 9.17) is 0 Å². The molecule has 4 heteroatoms. The molecule has 0 amide bonds. The third kappa shape index (κ3) is 2.03. The van der Waals surface area contributed by atoms with Crippen molar-refractivity contribution in [2.24, 2.45) is 4.99 Å². The van der Waals surface area contributed by atoms with Gasteiger partial charge in [0.15, 0.2) is 0 Å². The highest BCUT2D eigenvalue weighted by Gasteiger charge is 2.41. The van der Waals surface area contributed by atoms with Crippen LogP contribution in [0.25, 0.3) is 0 Å². The highest BCUT2D eigenvalue weighted by Crippen LogP contribution is 2.49. The second-order valence-corrected chi connectivity index (χ2v) is 5.32. The average molecular weight is 296 g/mol. The lowest BCUT2D eigenvalue weighted by atomic mass is 9.71. The first-order valence-corrected chi connectivity index (χ1v) is 6.53. The van der Waals surface area contributed by atoms with E-state index in [-0.39, 0.29) is 5.75 Å². The molecule has 0 spiro atoms. The molecule has 0 aromatic heterocycles. The summed E-state index contributed by atoms with van der Waals surface area (Å²) in [6.07, 6.45) is 5.02. The minimum atomic E-state index is -0.542. The Morgan fingerprint density at radius 3 is 2.71 bits per heavy atom. The van der Waals surface area contributed by atoms with Gasteiger partial charge < -0.3 is 5.11 Å². The molecule has 0 saturated heterocycles. The van der Waals surface area contributed by atoms with Crippen LogP contribution in [0.15, 0.2) is 21.6 Å². The third-order valence-electron chi connectivity index (χ3n) is 3.48. The molecule has 1 aromatic rings. The van der Waals surface area contributed by atoms with Crippen molar-refractivity contribution in [1.29, 1.82) is 0 Å². The standard InChI is InChI=1S/C13H14BrNO2/c1-2-9-6-10(14)7-11(12(9)17)13(15-8-16)4-3-5-13/h6-7,17H,2-5H2,1H3. The summed E-state index contributed by atoms with van der Waals surface area (Å²) in [4.78, 5) is 14.5. The Morgan fingerprint density at radius 2 is 2.24 bits per heavy atom. The predicted molar refractivity (Wildman–Crippen MR) is 68.8 cm³/mol. The number of aryl methyl sites for hydroxylation is 1. The molecule has 1 aromatic carbocycles. The fourth-order valence-corrected chi connectivity index (χ4v) is 2.83. The van der Waals surface area contributed by atoms with Crippen LogP contribution < -0.4 is 0 Å². The van der Waals surface area contributed by atoms with Gasteiger partial charge in [-0.05, 0) is 43.4 Å². The number of isocyanates is 1. The van der Waals surface area contributed by atoms with Crippen LogP contribution in [0.4, 0.5) is 0 Å². The minimum absolute atomic E-state index is 0.273. The van der Waals surface area contributed by atoms with Crippen molar-refractivity contribution in [1.82, 2.24) is 0 Å². The Labute approximate surface area is 109 Å². The van der Waals surface area contributed by atoms with E-state index < -0.39 is 5.54 Å². The highest BCUT2D eigenvalue weighted by molar-refractivity contribution is 9.10. The monoisotopic (exact) mass is 295 g/mol. The smallest absolute Gasteiger partial charge is 0.235 e. The molecule has 2 rings (SSSR count). The molecule has 1 aliphatic rings. The van der Waals surface area contributed by atoms with Crippen molar-refractivity contribution in [3.8, 4) is 5.75 Å². The molecule has 1 aliphatic carbocycles. The quantitative estimate of drug-likeness (QED) is 0.686. The van der Waals surface area contributed by atoms with Gasteiger partial charge in [0, 0.05) is 10.0 Å². The molecular formula is C13H14BrNO2. The number of nitrogens with zero attached hydrogens (tertiary/aromatic N) is 1. The van der Waals surface area contributed by atoms with Gasteiger partial charge in [0.2, 0.25) is 6.08 Å². The highest BCUT2D eigenvalue weighted by atomic mass is 79.9. The van der Waals surface area contributed by atoms with Gasteiger partial charge in [0.05, 0.1) is 0 Å². The van der Waals surface area contributed by atoms with E-state index in [9.17, 15) is 9.90 Å². The summed E-state index contributed by atoms with van der Waals surface area (Å²) in [6, 6.07) is 3.75. The van der Waals surface area contributed by atoms with Gasteiger partial charge in [-0.2, -0.15) is 4.99 Å². The van der Waals surface area contributed by atoms with Crippen LogP contribution in [0.3, 0.4) is 0 Å². The number of carbonyl (C=O) groups excluding carboxylic acids is 1. The molecule has 1 saturated carbocycles. The number of benzene rings is 1. The molecule has 0 unspecified atom stereocenters. The van der Waals surface area contributed by atoms with Crippen molar-refractivity contribution < 1.29 is 9.90 Å².